The number of nitrogens with zero attached hydrogens (tertiary/aromatic N) is 9. The van der Waals surface area contributed by atoms with Crippen molar-refractivity contribution >= 4 is 35.3 Å². The van der Waals surface area contributed by atoms with Crippen LogP contribution in [-0.2, 0) is 7.05 Å². The van der Waals surface area contributed by atoms with Crippen LogP contribution in [0.25, 0.3) is 17.3 Å². The van der Waals surface area contributed by atoms with Crippen LogP contribution in [0.4, 0.5) is 11.6 Å². The van der Waals surface area contributed by atoms with E-state index in [1.165, 1.54) is 15.3 Å². The van der Waals surface area contributed by atoms with Crippen LogP contribution in [0.5, 0.6) is 0 Å². The first-order valence-electron chi connectivity index (χ1n) is 8.35. The zero-order valence-electron chi connectivity index (χ0n) is 14.6. The van der Waals surface area contributed by atoms with Gasteiger partial charge in [0.15, 0.2) is 11.5 Å². The largest absolute Gasteiger partial charge is 0.358 e. The van der Waals surface area contributed by atoms with Crippen molar-refractivity contribution in [1.29, 1.82) is 0 Å². The van der Waals surface area contributed by atoms with Crippen LogP contribution in [0.2, 0.25) is 0 Å². The van der Waals surface area contributed by atoms with Gasteiger partial charge in [-0.1, -0.05) is 0 Å². The highest BCUT2D eigenvalue weighted by Crippen LogP contribution is 2.21. The van der Waals surface area contributed by atoms with E-state index >= 15 is 0 Å². The fourth-order valence-electron chi connectivity index (χ4n) is 2.80. The second-order valence-electron chi connectivity index (χ2n) is 5.97. The predicted octanol–water partition coefficient (Wildman–Crippen LogP) is 1.18. The standard InChI is InChI=1S/C15H17N9O2S/c1-21-13(24(25)26)10-17-14(21)15-19-18-12-3-2-11(20-23(12)15)16-4-5-22-6-8-27-9-7-22/h2-4,10H,5-9H2,1H3. The molecule has 0 unspecified atom stereocenters. The minimum atomic E-state index is -0.498. The summed E-state index contributed by atoms with van der Waals surface area (Å²) in [7, 11) is 1.56. The van der Waals surface area contributed by atoms with Gasteiger partial charge in [-0.15, -0.1) is 15.3 Å². The fourth-order valence-corrected chi connectivity index (χ4v) is 3.78. The lowest BCUT2D eigenvalue weighted by molar-refractivity contribution is -0.391. The van der Waals surface area contributed by atoms with Crippen molar-refractivity contribution in [3.05, 3.63) is 28.4 Å². The lowest BCUT2D eigenvalue weighted by atomic mass is 10.4. The van der Waals surface area contributed by atoms with Crippen molar-refractivity contribution in [3.63, 3.8) is 0 Å². The van der Waals surface area contributed by atoms with E-state index in [-0.39, 0.29) is 5.82 Å². The molecule has 11 nitrogen and oxygen atoms in total. The van der Waals surface area contributed by atoms with Gasteiger partial charge in [0.05, 0.1) is 7.05 Å². The third-order valence-electron chi connectivity index (χ3n) is 4.27. The number of aromatic nitrogens is 6. The summed E-state index contributed by atoms with van der Waals surface area (Å²) in [4.78, 5) is 21.4. The van der Waals surface area contributed by atoms with E-state index < -0.39 is 4.92 Å². The molecule has 4 heterocycles. The lowest BCUT2D eigenvalue weighted by Gasteiger charge is -2.24. The zero-order valence-corrected chi connectivity index (χ0v) is 15.4. The van der Waals surface area contributed by atoms with Crippen LogP contribution in [0.3, 0.4) is 0 Å². The number of nitro groups is 1. The first-order chi connectivity index (χ1) is 13.1. The number of thioether (sulfide) groups is 1. The molecule has 1 aliphatic heterocycles. The summed E-state index contributed by atoms with van der Waals surface area (Å²) >= 11 is 1.97. The Morgan fingerprint density at radius 2 is 2.11 bits per heavy atom. The Hall–Kier alpha value is -2.86. The molecule has 0 atom stereocenters. The van der Waals surface area contributed by atoms with Gasteiger partial charge >= 0.3 is 5.82 Å². The lowest BCUT2D eigenvalue weighted by Crippen LogP contribution is -2.33. The maximum Gasteiger partial charge on any atom is 0.343 e. The molecule has 0 N–H and O–H groups in total. The van der Waals surface area contributed by atoms with Crippen molar-refractivity contribution < 1.29 is 4.92 Å². The van der Waals surface area contributed by atoms with Crippen LogP contribution in [0.1, 0.15) is 0 Å². The van der Waals surface area contributed by atoms with E-state index in [0.29, 0.717) is 23.1 Å². The monoisotopic (exact) mass is 387 g/mol. The summed E-state index contributed by atoms with van der Waals surface area (Å²) in [5.74, 6) is 3.32. The Morgan fingerprint density at radius 1 is 1.30 bits per heavy atom. The Morgan fingerprint density at radius 3 is 2.85 bits per heavy atom. The van der Waals surface area contributed by atoms with E-state index in [9.17, 15) is 10.1 Å². The molecule has 140 valence electrons. The highest BCUT2D eigenvalue weighted by Gasteiger charge is 2.23. The molecular weight excluding hydrogens is 370 g/mol. The minimum Gasteiger partial charge on any atom is -0.358 e. The maximum absolute atomic E-state index is 11.0. The molecule has 0 aromatic carbocycles. The first kappa shape index (κ1) is 17.5. The average Bonchev–Trinajstić information content (AvgIpc) is 3.25. The normalized spacial score (nSPS) is 15.7. The van der Waals surface area contributed by atoms with Crippen LogP contribution in [0.15, 0.2) is 23.3 Å². The third-order valence-corrected chi connectivity index (χ3v) is 5.21. The summed E-state index contributed by atoms with van der Waals surface area (Å²) in [5.41, 5.74) is 0.516. The van der Waals surface area contributed by atoms with E-state index in [4.69, 9.17) is 0 Å². The summed E-state index contributed by atoms with van der Waals surface area (Å²) in [6.07, 6.45) is 3.04. The summed E-state index contributed by atoms with van der Waals surface area (Å²) < 4.78 is 2.85. The second kappa shape index (κ2) is 7.40. The fraction of sp³-hybridized carbons (Fsp3) is 0.400. The number of fused-ring (bicyclic) bond motifs is 1. The van der Waals surface area contributed by atoms with Crippen LogP contribution < -0.4 is 0 Å². The molecule has 0 amide bonds. The van der Waals surface area contributed by atoms with E-state index in [1.54, 1.807) is 19.2 Å². The summed E-state index contributed by atoms with van der Waals surface area (Å²) in [6, 6.07) is 3.52. The quantitative estimate of drug-likeness (QED) is 0.364. The summed E-state index contributed by atoms with van der Waals surface area (Å²) in [5, 5.41) is 23.6. The molecular formula is C15H17N9O2S. The van der Waals surface area contributed by atoms with E-state index in [1.807, 2.05) is 18.0 Å². The maximum atomic E-state index is 11.0. The van der Waals surface area contributed by atoms with Crippen LogP contribution in [0, 0.1) is 10.1 Å². The Balaban J connectivity index is 1.60. The van der Waals surface area contributed by atoms with Crippen molar-refractivity contribution in [3.8, 4) is 11.6 Å². The topological polar surface area (TPSA) is 120 Å². The molecule has 0 spiro atoms. The van der Waals surface area contributed by atoms with Crippen molar-refractivity contribution in [1.82, 2.24) is 34.3 Å². The third kappa shape index (κ3) is 3.53. The SMILES string of the molecule is Cn1c([N+](=O)[O-])cnc1-c1nnc2ccc(N=CCN3CCSCC3)nn12. The first-order valence-corrected chi connectivity index (χ1v) is 9.50. The van der Waals surface area contributed by atoms with Gasteiger partial charge in [-0.05, 0) is 17.1 Å². The molecule has 0 saturated carbocycles. The van der Waals surface area contributed by atoms with E-state index in [2.05, 4.69) is 30.2 Å². The van der Waals surface area contributed by atoms with Crippen molar-refractivity contribution in [2.45, 2.75) is 0 Å². The minimum absolute atomic E-state index is 0.129. The molecule has 3 aromatic rings. The van der Waals surface area contributed by atoms with Gasteiger partial charge in [0, 0.05) is 37.4 Å². The van der Waals surface area contributed by atoms with Crippen molar-refractivity contribution in [2.24, 2.45) is 12.0 Å². The van der Waals surface area contributed by atoms with E-state index in [0.717, 1.165) is 31.1 Å². The Labute approximate surface area is 158 Å². The van der Waals surface area contributed by atoms with Crippen molar-refractivity contribution in [2.75, 3.05) is 31.1 Å². The highest BCUT2D eigenvalue weighted by molar-refractivity contribution is 7.99. The average molecular weight is 387 g/mol. The van der Waals surface area contributed by atoms with Gasteiger partial charge in [0.1, 0.15) is 6.20 Å². The van der Waals surface area contributed by atoms with Crippen LogP contribution in [-0.4, -0.2) is 76.5 Å². The molecule has 3 aromatic heterocycles. The number of aliphatic imine (C=N–C) groups is 1. The number of rotatable bonds is 5. The number of imidazole rings is 1. The molecule has 0 radical (unpaired) electrons. The van der Waals surface area contributed by atoms with Gasteiger partial charge in [-0.3, -0.25) is 4.90 Å². The molecule has 1 fully saturated rings. The van der Waals surface area contributed by atoms with Gasteiger partial charge in [0.2, 0.25) is 5.82 Å². The molecule has 12 heteroatoms. The van der Waals surface area contributed by atoms with Gasteiger partial charge in [-0.2, -0.15) is 16.3 Å². The van der Waals surface area contributed by atoms with Gasteiger partial charge in [0.25, 0.3) is 5.82 Å². The number of hydrogen-bond acceptors (Lipinski definition) is 9. The Bertz CT molecular complexity index is 1010. The highest BCUT2D eigenvalue weighted by atomic mass is 32.2. The zero-order chi connectivity index (χ0) is 18.8. The van der Waals surface area contributed by atoms with Gasteiger partial charge in [-0.25, -0.2) is 14.5 Å². The second-order valence-corrected chi connectivity index (χ2v) is 7.19. The molecule has 27 heavy (non-hydrogen) atoms. The molecule has 0 bridgehead atoms. The van der Waals surface area contributed by atoms with Crippen LogP contribution >= 0.6 is 11.8 Å². The molecule has 0 aliphatic carbocycles. The summed E-state index contributed by atoms with van der Waals surface area (Å²) in [6.45, 7) is 2.91. The predicted molar refractivity (Wildman–Crippen MR) is 102 cm³/mol. The number of hydrogen-bond donors (Lipinski definition) is 0. The Kier molecular flexibility index (Phi) is 4.81. The molecule has 1 saturated heterocycles. The molecule has 1 aliphatic rings. The van der Waals surface area contributed by atoms with Gasteiger partial charge < -0.3 is 10.1 Å². The smallest absolute Gasteiger partial charge is 0.343 e. The molecule has 4 rings (SSSR count).